The van der Waals surface area contributed by atoms with Gasteiger partial charge >= 0.3 is 0 Å². The van der Waals surface area contributed by atoms with Crippen LogP contribution < -0.4 is 14.9 Å². The van der Waals surface area contributed by atoms with E-state index >= 15 is 0 Å². The number of benzene rings is 1. The van der Waals surface area contributed by atoms with Crippen LogP contribution in [0.1, 0.15) is 36.1 Å². The standard InChI is InChI=1S/C23H26N2O5S/c26-22-10-20(13-25-11-17-3-1-2-4-18(17)12-25)29-15-23(22)30-14-16-5-6-19(9-16)24-31(27,28)21-7-8-21/h1-6,10,15-16,19,21,24H,7-9,11-14H2/t16-,19?/m0/s1. The molecule has 8 heteroatoms. The van der Waals surface area contributed by atoms with Crippen LogP contribution in [0.3, 0.4) is 0 Å². The van der Waals surface area contributed by atoms with Gasteiger partial charge in [0.25, 0.3) is 0 Å². The number of nitrogens with zero attached hydrogens (tertiary/aromatic N) is 1. The molecule has 1 unspecified atom stereocenters. The maximum absolute atomic E-state index is 12.5. The summed E-state index contributed by atoms with van der Waals surface area (Å²) < 4.78 is 38.2. The summed E-state index contributed by atoms with van der Waals surface area (Å²) in [5.41, 5.74) is 2.42. The second-order valence-corrected chi connectivity index (χ2v) is 10.6. The van der Waals surface area contributed by atoms with E-state index in [4.69, 9.17) is 9.15 Å². The molecule has 1 aromatic carbocycles. The third kappa shape index (κ3) is 4.76. The lowest BCUT2D eigenvalue weighted by atomic mass is 10.1. The lowest BCUT2D eigenvalue weighted by Gasteiger charge is -2.15. The largest absolute Gasteiger partial charge is 0.486 e. The molecular formula is C23H26N2O5S. The number of rotatable bonds is 8. The van der Waals surface area contributed by atoms with Crippen molar-refractivity contribution >= 4 is 10.0 Å². The van der Waals surface area contributed by atoms with Gasteiger partial charge in [-0.05, 0) is 30.4 Å². The molecule has 2 heterocycles. The van der Waals surface area contributed by atoms with Crippen molar-refractivity contribution in [3.8, 4) is 5.75 Å². The van der Waals surface area contributed by atoms with E-state index in [-0.39, 0.29) is 28.4 Å². The third-order valence-corrected chi connectivity index (χ3v) is 8.02. The highest BCUT2D eigenvalue weighted by Crippen LogP contribution is 2.29. The molecule has 5 rings (SSSR count). The highest BCUT2D eigenvalue weighted by Gasteiger charge is 2.37. The van der Waals surface area contributed by atoms with Crippen molar-refractivity contribution in [2.45, 2.75) is 50.2 Å². The molecule has 3 aliphatic rings. The molecule has 31 heavy (non-hydrogen) atoms. The summed E-state index contributed by atoms with van der Waals surface area (Å²) in [5, 5.41) is -0.228. The molecule has 1 aliphatic heterocycles. The van der Waals surface area contributed by atoms with Crippen LogP contribution in [0.25, 0.3) is 0 Å². The van der Waals surface area contributed by atoms with Gasteiger partial charge in [-0.15, -0.1) is 0 Å². The van der Waals surface area contributed by atoms with Crippen molar-refractivity contribution in [1.82, 2.24) is 9.62 Å². The Morgan fingerprint density at radius 2 is 1.87 bits per heavy atom. The van der Waals surface area contributed by atoms with Crippen molar-refractivity contribution < 1.29 is 17.6 Å². The second kappa shape index (κ2) is 8.26. The predicted molar refractivity (Wildman–Crippen MR) is 116 cm³/mol. The lowest BCUT2D eigenvalue weighted by Crippen LogP contribution is -2.35. The van der Waals surface area contributed by atoms with Crippen LogP contribution in [-0.2, 0) is 29.7 Å². The molecule has 2 atom stereocenters. The molecule has 7 nitrogen and oxygen atoms in total. The van der Waals surface area contributed by atoms with Gasteiger partial charge in [0.15, 0.2) is 0 Å². The van der Waals surface area contributed by atoms with Crippen LogP contribution in [0.5, 0.6) is 5.75 Å². The van der Waals surface area contributed by atoms with E-state index in [1.807, 2.05) is 24.3 Å². The number of sulfonamides is 1. The Morgan fingerprint density at radius 1 is 1.13 bits per heavy atom. The summed E-state index contributed by atoms with van der Waals surface area (Å²) in [7, 11) is -3.21. The highest BCUT2D eigenvalue weighted by molar-refractivity contribution is 7.90. The van der Waals surface area contributed by atoms with Crippen molar-refractivity contribution in [2.24, 2.45) is 5.92 Å². The Kier molecular flexibility index (Phi) is 5.45. The van der Waals surface area contributed by atoms with Crippen LogP contribution >= 0.6 is 0 Å². The summed E-state index contributed by atoms with van der Waals surface area (Å²) in [6.45, 7) is 2.57. The van der Waals surface area contributed by atoms with E-state index < -0.39 is 10.0 Å². The van der Waals surface area contributed by atoms with E-state index in [9.17, 15) is 13.2 Å². The molecule has 2 aromatic rings. The first-order valence-electron chi connectivity index (χ1n) is 10.7. The average Bonchev–Trinajstić information content (AvgIpc) is 3.40. The smallest absolute Gasteiger partial charge is 0.227 e. The molecule has 0 radical (unpaired) electrons. The van der Waals surface area contributed by atoms with Gasteiger partial charge in [0.1, 0.15) is 12.0 Å². The van der Waals surface area contributed by atoms with Crippen molar-refractivity contribution in [1.29, 1.82) is 0 Å². The molecular weight excluding hydrogens is 416 g/mol. The van der Waals surface area contributed by atoms with Gasteiger partial charge in [0.2, 0.25) is 21.2 Å². The molecule has 1 N–H and O–H groups in total. The summed E-state index contributed by atoms with van der Waals surface area (Å²) in [6.07, 6.45) is 7.32. The maximum atomic E-state index is 12.5. The zero-order valence-corrected chi connectivity index (χ0v) is 18.0. The molecule has 1 saturated carbocycles. The third-order valence-electron chi connectivity index (χ3n) is 6.04. The fourth-order valence-electron chi connectivity index (χ4n) is 4.23. The van der Waals surface area contributed by atoms with Crippen LogP contribution in [0.2, 0.25) is 0 Å². The van der Waals surface area contributed by atoms with Gasteiger partial charge in [-0.1, -0.05) is 36.4 Å². The lowest BCUT2D eigenvalue weighted by molar-refractivity contribution is 0.236. The van der Waals surface area contributed by atoms with Gasteiger partial charge in [0.05, 0.1) is 18.4 Å². The van der Waals surface area contributed by atoms with Crippen LogP contribution in [-0.4, -0.2) is 31.2 Å². The Balaban J connectivity index is 1.12. The van der Waals surface area contributed by atoms with Gasteiger partial charge < -0.3 is 9.15 Å². The number of hydrogen-bond donors (Lipinski definition) is 1. The summed E-state index contributed by atoms with van der Waals surface area (Å²) >= 11 is 0. The molecule has 0 spiro atoms. The summed E-state index contributed by atoms with van der Waals surface area (Å²) in [6, 6.07) is 9.62. The van der Waals surface area contributed by atoms with Crippen molar-refractivity contribution in [3.63, 3.8) is 0 Å². The Hall–Kier alpha value is -2.42. The van der Waals surface area contributed by atoms with Crippen LogP contribution in [0, 0.1) is 5.92 Å². The Morgan fingerprint density at radius 3 is 2.55 bits per heavy atom. The minimum absolute atomic E-state index is 0.0501. The minimum atomic E-state index is -3.21. The zero-order valence-electron chi connectivity index (χ0n) is 17.2. The van der Waals surface area contributed by atoms with Crippen LogP contribution in [0.4, 0.5) is 0 Å². The zero-order chi connectivity index (χ0) is 21.4. The van der Waals surface area contributed by atoms with Crippen molar-refractivity contribution in [3.05, 3.63) is 75.9 Å². The summed E-state index contributed by atoms with van der Waals surface area (Å²) in [4.78, 5) is 14.7. The molecule has 1 fully saturated rings. The quantitative estimate of drug-likeness (QED) is 0.632. The molecule has 164 valence electrons. The minimum Gasteiger partial charge on any atom is -0.486 e. The van der Waals surface area contributed by atoms with E-state index in [0.29, 0.717) is 25.3 Å². The van der Waals surface area contributed by atoms with Gasteiger partial charge in [-0.25, -0.2) is 13.1 Å². The van der Waals surface area contributed by atoms with E-state index in [1.165, 1.54) is 23.5 Å². The SMILES string of the molecule is O=c1cc(CN2Cc3ccccc3C2)occ1OC[C@H]1C=CC(NS(=O)(=O)C2CC2)C1. The predicted octanol–water partition coefficient (Wildman–Crippen LogP) is 2.56. The normalized spacial score (nSPS) is 23.2. The molecule has 0 amide bonds. The topological polar surface area (TPSA) is 88.8 Å². The fraction of sp³-hybridized carbons (Fsp3) is 0.435. The molecule has 0 saturated heterocycles. The first kappa shape index (κ1) is 20.5. The van der Waals surface area contributed by atoms with Gasteiger partial charge in [-0.2, -0.15) is 0 Å². The second-order valence-electron chi connectivity index (χ2n) is 8.65. The number of hydrogen-bond acceptors (Lipinski definition) is 6. The number of nitrogens with one attached hydrogen (secondary N) is 1. The van der Waals surface area contributed by atoms with E-state index in [0.717, 1.165) is 25.9 Å². The number of ether oxygens (including phenoxy) is 1. The Bertz CT molecular complexity index is 1130. The van der Waals surface area contributed by atoms with Crippen molar-refractivity contribution in [2.75, 3.05) is 6.61 Å². The maximum Gasteiger partial charge on any atom is 0.227 e. The first-order chi connectivity index (χ1) is 15.0. The monoisotopic (exact) mass is 442 g/mol. The fourth-order valence-corrected chi connectivity index (χ4v) is 5.78. The average molecular weight is 443 g/mol. The van der Waals surface area contributed by atoms with Crippen LogP contribution in [0.15, 0.2) is 58.0 Å². The van der Waals surface area contributed by atoms with E-state index in [2.05, 4.69) is 21.8 Å². The molecule has 0 bridgehead atoms. The first-order valence-corrected chi connectivity index (χ1v) is 12.2. The molecule has 2 aliphatic carbocycles. The Labute approximate surface area is 181 Å². The highest BCUT2D eigenvalue weighted by atomic mass is 32.2. The van der Waals surface area contributed by atoms with Gasteiger partial charge in [0, 0.05) is 31.1 Å². The van der Waals surface area contributed by atoms with Gasteiger partial charge in [-0.3, -0.25) is 9.69 Å². The molecule has 1 aromatic heterocycles. The van der Waals surface area contributed by atoms with E-state index in [1.54, 1.807) is 0 Å². The summed E-state index contributed by atoms with van der Waals surface area (Å²) in [5.74, 6) is 0.846. The number of fused-ring (bicyclic) bond motifs is 1.